The predicted octanol–water partition coefficient (Wildman–Crippen LogP) is 1.61. The second kappa shape index (κ2) is 6.25. The Hall–Kier alpha value is -1.29. The van der Waals surface area contributed by atoms with Gasteiger partial charge in [0.05, 0.1) is 5.56 Å². The fourth-order valence-electron chi connectivity index (χ4n) is 0.623. The Labute approximate surface area is 75.6 Å². The third kappa shape index (κ3) is 3.75. The number of hydrogen-bond acceptors (Lipinski definition) is 2. The molecular formula is C9H11F2NO. The lowest BCUT2D eigenvalue weighted by molar-refractivity contribution is 0.111. The van der Waals surface area contributed by atoms with Gasteiger partial charge < -0.3 is 5.32 Å². The molecule has 0 saturated heterocycles. The second-order valence-electron chi connectivity index (χ2n) is 2.25. The van der Waals surface area contributed by atoms with Crippen molar-refractivity contribution in [3.63, 3.8) is 0 Å². The molecule has 1 aromatic carbocycles. The van der Waals surface area contributed by atoms with Crippen LogP contribution < -0.4 is 5.32 Å². The van der Waals surface area contributed by atoms with E-state index < -0.39 is 17.2 Å². The maximum absolute atomic E-state index is 12.4. The molecule has 0 amide bonds. The van der Waals surface area contributed by atoms with Crippen molar-refractivity contribution in [2.75, 3.05) is 14.1 Å². The van der Waals surface area contributed by atoms with Crippen LogP contribution in [0.25, 0.3) is 0 Å². The fourth-order valence-corrected chi connectivity index (χ4v) is 0.623. The molecule has 72 valence electrons. The predicted molar refractivity (Wildman–Crippen MR) is 46.7 cm³/mol. The zero-order chi connectivity index (χ0) is 10.3. The van der Waals surface area contributed by atoms with E-state index in [0.717, 1.165) is 12.1 Å². The van der Waals surface area contributed by atoms with Gasteiger partial charge in [0, 0.05) is 0 Å². The molecular weight excluding hydrogens is 176 g/mol. The third-order valence-electron chi connectivity index (χ3n) is 1.12. The molecule has 1 N–H and O–H groups in total. The number of carbonyl (C=O) groups excluding carboxylic acids is 1. The van der Waals surface area contributed by atoms with Gasteiger partial charge in [-0.25, -0.2) is 8.78 Å². The van der Waals surface area contributed by atoms with Crippen molar-refractivity contribution in [2.45, 2.75) is 0 Å². The van der Waals surface area contributed by atoms with E-state index in [1.807, 2.05) is 14.1 Å². The van der Waals surface area contributed by atoms with E-state index >= 15 is 0 Å². The summed E-state index contributed by atoms with van der Waals surface area (Å²) < 4.78 is 24.8. The number of halogens is 2. The van der Waals surface area contributed by atoms with Crippen LogP contribution in [0.15, 0.2) is 18.2 Å². The Balaban J connectivity index is 0.000000424. The van der Waals surface area contributed by atoms with E-state index in [2.05, 4.69) is 5.32 Å². The molecule has 0 aliphatic rings. The lowest BCUT2D eigenvalue weighted by Crippen LogP contribution is -1.91. The van der Waals surface area contributed by atoms with Gasteiger partial charge in [-0.05, 0) is 26.2 Å². The van der Waals surface area contributed by atoms with Crippen LogP contribution in [0.3, 0.4) is 0 Å². The van der Waals surface area contributed by atoms with Gasteiger partial charge in [-0.15, -0.1) is 0 Å². The topological polar surface area (TPSA) is 29.1 Å². The van der Waals surface area contributed by atoms with E-state index in [9.17, 15) is 13.6 Å². The second-order valence-corrected chi connectivity index (χ2v) is 2.25. The average Bonchev–Trinajstić information content (AvgIpc) is 2.06. The first-order valence-corrected chi connectivity index (χ1v) is 3.65. The smallest absolute Gasteiger partial charge is 0.155 e. The van der Waals surface area contributed by atoms with E-state index in [-0.39, 0.29) is 6.29 Å². The Morgan fingerprint density at radius 1 is 1.23 bits per heavy atom. The molecule has 1 aromatic rings. The van der Waals surface area contributed by atoms with E-state index in [4.69, 9.17) is 0 Å². The highest BCUT2D eigenvalue weighted by Crippen LogP contribution is 2.08. The molecule has 4 heteroatoms. The van der Waals surface area contributed by atoms with Gasteiger partial charge in [0.2, 0.25) is 0 Å². The van der Waals surface area contributed by atoms with Gasteiger partial charge in [-0.2, -0.15) is 0 Å². The van der Waals surface area contributed by atoms with Gasteiger partial charge in [-0.3, -0.25) is 4.79 Å². The highest BCUT2D eigenvalue weighted by molar-refractivity contribution is 5.75. The van der Waals surface area contributed by atoms with Crippen LogP contribution in [0, 0.1) is 11.6 Å². The minimum atomic E-state index is -0.824. The van der Waals surface area contributed by atoms with E-state index in [1.54, 1.807) is 0 Å². The van der Waals surface area contributed by atoms with Crippen molar-refractivity contribution < 1.29 is 13.6 Å². The van der Waals surface area contributed by atoms with Crippen LogP contribution in [0.4, 0.5) is 8.78 Å². The molecule has 0 saturated carbocycles. The van der Waals surface area contributed by atoms with Gasteiger partial charge >= 0.3 is 0 Å². The molecule has 0 bridgehead atoms. The lowest BCUT2D eigenvalue weighted by atomic mass is 10.2. The summed E-state index contributed by atoms with van der Waals surface area (Å²) in [5.74, 6) is -1.65. The lowest BCUT2D eigenvalue weighted by Gasteiger charge is -1.93. The van der Waals surface area contributed by atoms with Crippen molar-refractivity contribution in [1.29, 1.82) is 0 Å². The third-order valence-corrected chi connectivity index (χ3v) is 1.12. The van der Waals surface area contributed by atoms with Gasteiger partial charge in [0.1, 0.15) is 11.6 Å². The van der Waals surface area contributed by atoms with Crippen LogP contribution in [-0.2, 0) is 0 Å². The summed E-state index contributed by atoms with van der Waals surface area (Å²) in [6, 6.07) is 3.28. The summed E-state index contributed by atoms with van der Waals surface area (Å²) in [5, 5.41) is 2.75. The highest BCUT2D eigenvalue weighted by atomic mass is 19.1. The highest BCUT2D eigenvalue weighted by Gasteiger charge is 2.04. The minimum absolute atomic E-state index is 0.157. The standard InChI is InChI=1S/C7H4F2O.C2H7N/c8-6-2-1-3-7(9)5(6)4-10;1-3-2/h1-4H;3H,1-2H3. The van der Waals surface area contributed by atoms with Crippen LogP contribution in [0.1, 0.15) is 10.4 Å². The molecule has 0 unspecified atom stereocenters. The fraction of sp³-hybridized carbons (Fsp3) is 0.222. The van der Waals surface area contributed by atoms with Crippen molar-refractivity contribution in [3.8, 4) is 0 Å². The zero-order valence-corrected chi connectivity index (χ0v) is 7.47. The molecule has 0 aliphatic heterocycles. The van der Waals surface area contributed by atoms with Crippen molar-refractivity contribution >= 4 is 6.29 Å². The van der Waals surface area contributed by atoms with E-state index in [0.29, 0.717) is 0 Å². The zero-order valence-electron chi connectivity index (χ0n) is 7.47. The Morgan fingerprint density at radius 2 is 1.62 bits per heavy atom. The summed E-state index contributed by atoms with van der Waals surface area (Å²) in [5.41, 5.74) is -0.512. The maximum Gasteiger partial charge on any atom is 0.155 e. The average molecular weight is 187 g/mol. The Kier molecular flexibility index (Phi) is 5.63. The number of hydrogen-bond donors (Lipinski definition) is 1. The van der Waals surface area contributed by atoms with Gasteiger partial charge in [0.15, 0.2) is 6.29 Å². The van der Waals surface area contributed by atoms with Crippen LogP contribution in [0.5, 0.6) is 0 Å². The van der Waals surface area contributed by atoms with Crippen molar-refractivity contribution in [3.05, 3.63) is 35.4 Å². The van der Waals surface area contributed by atoms with E-state index in [1.165, 1.54) is 6.07 Å². The number of nitrogens with one attached hydrogen (secondary N) is 1. The molecule has 2 nitrogen and oxygen atoms in total. The molecule has 0 radical (unpaired) electrons. The Bertz CT molecular complexity index is 256. The normalized spacial score (nSPS) is 8.62. The Morgan fingerprint density at radius 3 is 1.85 bits per heavy atom. The van der Waals surface area contributed by atoms with Gasteiger partial charge in [-0.1, -0.05) is 6.07 Å². The molecule has 0 fully saturated rings. The SMILES string of the molecule is CNC.O=Cc1c(F)cccc1F. The molecule has 0 aliphatic carbocycles. The summed E-state index contributed by atoms with van der Waals surface area (Å²) in [6.45, 7) is 0. The monoisotopic (exact) mass is 187 g/mol. The number of rotatable bonds is 1. The largest absolute Gasteiger partial charge is 0.323 e. The first-order chi connectivity index (χ1) is 6.17. The van der Waals surface area contributed by atoms with Crippen molar-refractivity contribution in [1.82, 2.24) is 5.32 Å². The number of benzene rings is 1. The summed E-state index contributed by atoms with van der Waals surface area (Å²) in [7, 11) is 3.75. The molecule has 1 rings (SSSR count). The first kappa shape index (κ1) is 11.7. The number of aldehydes is 1. The molecule has 13 heavy (non-hydrogen) atoms. The van der Waals surface area contributed by atoms with Crippen molar-refractivity contribution in [2.24, 2.45) is 0 Å². The first-order valence-electron chi connectivity index (χ1n) is 3.65. The maximum atomic E-state index is 12.4. The molecule has 0 heterocycles. The molecule has 0 spiro atoms. The molecule has 0 aromatic heterocycles. The van der Waals surface area contributed by atoms with Crippen LogP contribution >= 0.6 is 0 Å². The quantitative estimate of drug-likeness (QED) is 0.677. The summed E-state index contributed by atoms with van der Waals surface area (Å²) in [6.07, 6.45) is 0.157. The van der Waals surface area contributed by atoms with Crippen LogP contribution in [-0.4, -0.2) is 20.4 Å². The summed E-state index contributed by atoms with van der Waals surface area (Å²) >= 11 is 0. The van der Waals surface area contributed by atoms with Crippen LogP contribution in [0.2, 0.25) is 0 Å². The molecule has 0 atom stereocenters. The minimum Gasteiger partial charge on any atom is -0.323 e. The van der Waals surface area contributed by atoms with Gasteiger partial charge in [0.25, 0.3) is 0 Å². The summed E-state index contributed by atoms with van der Waals surface area (Å²) in [4.78, 5) is 9.97. The number of carbonyl (C=O) groups is 1.